The van der Waals surface area contributed by atoms with Crippen LogP contribution in [0.4, 0.5) is 5.69 Å². The van der Waals surface area contributed by atoms with Crippen LogP contribution in [0.2, 0.25) is 0 Å². The maximum atomic E-state index is 12.9. The monoisotopic (exact) mass is 497 g/mol. The van der Waals surface area contributed by atoms with Gasteiger partial charge in [0.05, 0.1) is 12.0 Å². The molecule has 0 aliphatic rings. The molecular weight excluding hydrogens is 474 g/mol. The number of rotatable bonds is 8. The molecular formula is C24H23N3O5S2. The zero-order valence-corrected chi connectivity index (χ0v) is 20.4. The fraction of sp³-hybridized carbons (Fsp3) is 0.167. The molecule has 1 amide bonds. The number of methoxy groups -OCH3 is 1. The van der Waals surface area contributed by atoms with Gasteiger partial charge in [-0.25, -0.2) is 13.4 Å². The van der Waals surface area contributed by atoms with Crippen molar-refractivity contribution in [3.8, 4) is 5.75 Å². The van der Waals surface area contributed by atoms with Gasteiger partial charge in [-0.3, -0.25) is 9.52 Å². The van der Waals surface area contributed by atoms with Gasteiger partial charge in [0, 0.05) is 19.8 Å². The number of nitrogens with one attached hydrogen (secondary N) is 1. The number of carbonyl (C=O) groups excluding carboxylic acids is 1. The fourth-order valence-corrected chi connectivity index (χ4v) is 5.37. The molecule has 0 radical (unpaired) electrons. The highest BCUT2D eigenvalue weighted by molar-refractivity contribution is 8.00. The van der Waals surface area contributed by atoms with Gasteiger partial charge in [-0.1, -0.05) is 30.3 Å². The molecule has 4 rings (SSSR count). The summed E-state index contributed by atoms with van der Waals surface area (Å²) in [5.41, 5.74) is 2.03. The molecule has 8 nitrogen and oxygen atoms in total. The zero-order valence-electron chi connectivity index (χ0n) is 18.8. The van der Waals surface area contributed by atoms with E-state index in [1.54, 1.807) is 44.4 Å². The Morgan fingerprint density at radius 1 is 1.06 bits per heavy atom. The third kappa shape index (κ3) is 5.18. The van der Waals surface area contributed by atoms with Crippen molar-refractivity contribution in [3.63, 3.8) is 0 Å². The summed E-state index contributed by atoms with van der Waals surface area (Å²) in [6.07, 6.45) is 0. The van der Waals surface area contributed by atoms with E-state index in [-0.39, 0.29) is 16.0 Å². The standard InChI is InChI=1S/C24H23N3O5S2/c1-27(2)23(28)22(16-7-5-4-6-8-16)33-24-25-20-15-19(13-14-21(20)32-24)34(29,30)26-17-9-11-18(31-3)12-10-17/h4-15,22,26H,1-3H3/t22-/m1/s1. The highest BCUT2D eigenvalue weighted by atomic mass is 32.2. The van der Waals surface area contributed by atoms with Crippen molar-refractivity contribution in [3.05, 3.63) is 78.4 Å². The van der Waals surface area contributed by atoms with Crippen LogP contribution in [0.15, 0.2) is 87.3 Å². The number of aromatic nitrogens is 1. The molecule has 0 unspecified atom stereocenters. The van der Waals surface area contributed by atoms with E-state index in [0.29, 0.717) is 22.5 Å². The van der Waals surface area contributed by atoms with Gasteiger partial charge >= 0.3 is 0 Å². The number of ether oxygens (including phenoxy) is 1. The summed E-state index contributed by atoms with van der Waals surface area (Å²) >= 11 is 1.18. The molecule has 0 aliphatic carbocycles. The van der Waals surface area contributed by atoms with Crippen LogP contribution in [0.25, 0.3) is 11.1 Å². The highest BCUT2D eigenvalue weighted by Gasteiger charge is 2.26. The summed E-state index contributed by atoms with van der Waals surface area (Å²) in [5, 5.41) is -0.277. The van der Waals surface area contributed by atoms with Crippen molar-refractivity contribution in [2.45, 2.75) is 15.4 Å². The number of amides is 1. The fourth-order valence-electron chi connectivity index (χ4n) is 3.20. The first-order valence-electron chi connectivity index (χ1n) is 10.3. The summed E-state index contributed by atoms with van der Waals surface area (Å²) in [7, 11) is 1.08. The largest absolute Gasteiger partial charge is 0.497 e. The minimum Gasteiger partial charge on any atom is -0.497 e. The third-order valence-electron chi connectivity index (χ3n) is 4.98. The lowest BCUT2D eigenvalue weighted by Crippen LogP contribution is -2.26. The predicted molar refractivity (Wildman–Crippen MR) is 132 cm³/mol. The molecule has 0 bridgehead atoms. The number of likely N-dealkylation sites (N-methyl/N-ethyl adjacent to an activating group) is 1. The van der Waals surface area contributed by atoms with Crippen molar-refractivity contribution >= 4 is 44.5 Å². The summed E-state index contributed by atoms with van der Waals surface area (Å²) in [6.45, 7) is 0. The van der Waals surface area contributed by atoms with Crippen molar-refractivity contribution < 1.29 is 22.4 Å². The summed E-state index contributed by atoms with van der Waals surface area (Å²) in [4.78, 5) is 18.8. The Bertz CT molecular complexity index is 1400. The molecule has 0 saturated heterocycles. The molecule has 1 heterocycles. The molecule has 34 heavy (non-hydrogen) atoms. The average molecular weight is 498 g/mol. The predicted octanol–water partition coefficient (Wildman–Crippen LogP) is 4.56. The van der Waals surface area contributed by atoms with E-state index in [1.165, 1.54) is 35.9 Å². The number of anilines is 1. The minimum atomic E-state index is -3.85. The van der Waals surface area contributed by atoms with E-state index in [2.05, 4.69) is 9.71 Å². The van der Waals surface area contributed by atoms with Gasteiger partial charge < -0.3 is 14.1 Å². The SMILES string of the molecule is COc1ccc(NS(=O)(=O)c2ccc3oc(S[C@@H](C(=O)N(C)C)c4ccccc4)nc3c2)cc1. The molecule has 0 spiro atoms. The summed E-state index contributed by atoms with van der Waals surface area (Å²) in [5.74, 6) is 0.518. The van der Waals surface area contributed by atoms with Gasteiger partial charge in [0.1, 0.15) is 16.5 Å². The van der Waals surface area contributed by atoms with Crippen LogP contribution in [-0.4, -0.2) is 45.4 Å². The molecule has 4 aromatic rings. The van der Waals surface area contributed by atoms with Crippen LogP contribution in [0, 0.1) is 0 Å². The molecule has 1 N–H and O–H groups in total. The van der Waals surface area contributed by atoms with Crippen molar-refractivity contribution in [2.75, 3.05) is 25.9 Å². The number of benzene rings is 3. The quantitative estimate of drug-likeness (QED) is 0.356. The normalized spacial score (nSPS) is 12.3. The Morgan fingerprint density at radius 3 is 2.41 bits per heavy atom. The Balaban J connectivity index is 1.60. The van der Waals surface area contributed by atoms with E-state index in [1.807, 2.05) is 30.3 Å². The van der Waals surface area contributed by atoms with Crippen LogP contribution in [0.3, 0.4) is 0 Å². The van der Waals surface area contributed by atoms with Gasteiger partial charge in [0.2, 0.25) is 5.91 Å². The number of nitrogens with zero attached hydrogens (tertiary/aromatic N) is 2. The van der Waals surface area contributed by atoms with Crippen LogP contribution in [0.5, 0.6) is 5.75 Å². The lowest BCUT2D eigenvalue weighted by molar-refractivity contribution is -0.128. The molecule has 0 saturated carbocycles. The van der Waals surface area contributed by atoms with E-state index in [9.17, 15) is 13.2 Å². The van der Waals surface area contributed by atoms with Crippen molar-refractivity contribution in [1.82, 2.24) is 9.88 Å². The van der Waals surface area contributed by atoms with Gasteiger partial charge in [0.25, 0.3) is 15.2 Å². The molecule has 3 aromatic carbocycles. The maximum absolute atomic E-state index is 12.9. The van der Waals surface area contributed by atoms with E-state index >= 15 is 0 Å². The second kappa shape index (κ2) is 9.78. The van der Waals surface area contributed by atoms with Gasteiger partial charge in [0.15, 0.2) is 5.58 Å². The van der Waals surface area contributed by atoms with E-state index in [4.69, 9.17) is 9.15 Å². The van der Waals surface area contributed by atoms with E-state index < -0.39 is 15.3 Å². The Labute approximate surface area is 202 Å². The second-order valence-corrected chi connectivity index (χ2v) is 10.3. The molecule has 10 heteroatoms. The molecule has 1 atom stereocenters. The van der Waals surface area contributed by atoms with Crippen LogP contribution < -0.4 is 9.46 Å². The maximum Gasteiger partial charge on any atom is 0.261 e. The number of hydrogen-bond donors (Lipinski definition) is 1. The molecule has 176 valence electrons. The number of fused-ring (bicyclic) bond motifs is 1. The molecule has 0 aliphatic heterocycles. The Morgan fingerprint density at radius 2 is 1.76 bits per heavy atom. The van der Waals surface area contributed by atoms with Gasteiger partial charge in [-0.2, -0.15) is 0 Å². The first-order chi connectivity index (χ1) is 16.3. The third-order valence-corrected chi connectivity index (χ3v) is 7.44. The first kappa shape index (κ1) is 23.7. The Hall–Kier alpha value is -3.50. The number of hydrogen-bond acceptors (Lipinski definition) is 7. The smallest absolute Gasteiger partial charge is 0.261 e. The highest BCUT2D eigenvalue weighted by Crippen LogP contribution is 2.37. The van der Waals surface area contributed by atoms with Gasteiger partial charge in [-0.15, -0.1) is 0 Å². The summed E-state index contributed by atoms with van der Waals surface area (Å²) < 4.78 is 39.2. The van der Waals surface area contributed by atoms with Crippen molar-refractivity contribution in [1.29, 1.82) is 0 Å². The Kier molecular flexibility index (Phi) is 6.80. The topological polar surface area (TPSA) is 102 Å². The lowest BCUT2D eigenvalue weighted by atomic mass is 10.1. The molecule has 1 aromatic heterocycles. The zero-order chi connectivity index (χ0) is 24.3. The van der Waals surface area contributed by atoms with Crippen LogP contribution in [-0.2, 0) is 14.8 Å². The lowest BCUT2D eigenvalue weighted by Gasteiger charge is -2.19. The van der Waals surface area contributed by atoms with Gasteiger partial charge in [-0.05, 0) is 59.8 Å². The number of carbonyl (C=O) groups is 1. The average Bonchev–Trinajstić information content (AvgIpc) is 3.25. The second-order valence-electron chi connectivity index (χ2n) is 7.58. The summed E-state index contributed by atoms with van der Waals surface area (Å²) in [6, 6.07) is 20.4. The first-order valence-corrected chi connectivity index (χ1v) is 12.6. The number of sulfonamides is 1. The number of oxazole rings is 1. The van der Waals surface area contributed by atoms with Crippen LogP contribution >= 0.6 is 11.8 Å². The van der Waals surface area contributed by atoms with Crippen LogP contribution in [0.1, 0.15) is 10.8 Å². The minimum absolute atomic E-state index is 0.0460. The van der Waals surface area contributed by atoms with E-state index in [0.717, 1.165) is 5.56 Å². The van der Waals surface area contributed by atoms with Crippen molar-refractivity contribution in [2.24, 2.45) is 0 Å². The number of thioether (sulfide) groups is 1. The molecule has 0 fully saturated rings.